The summed E-state index contributed by atoms with van der Waals surface area (Å²) in [5, 5.41) is 2.52. The Morgan fingerprint density at radius 1 is 1.10 bits per heavy atom. The van der Waals surface area contributed by atoms with Gasteiger partial charge < -0.3 is 10.2 Å². The number of anilines is 1. The molecule has 0 spiro atoms. The van der Waals surface area contributed by atoms with Gasteiger partial charge in [0.2, 0.25) is 0 Å². The summed E-state index contributed by atoms with van der Waals surface area (Å²) in [6, 6.07) is 3.17. The minimum absolute atomic E-state index is 0.0443. The lowest BCUT2D eigenvalue weighted by molar-refractivity contribution is -0.892. The SMILES string of the molecule is O=C(C[NH+]1CCCCCCC1)Nc1ccc(F)cc1F. The van der Waals surface area contributed by atoms with Crippen LogP contribution in [0.2, 0.25) is 0 Å². The highest BCUT2D eigenvalue weighted by atomic mass is 19.1. The first-order valence-electron chi connectivity index (χ1n) is 7.23. The fraction of sp³-hybridized carbons (Fsp3) is 0.533. The zero-order valence-corrected chi connectivity index (χ0v) is 11.6. The minimum atomic E-state index is -0.735. The van der Waals surface area contributed by atoms with Gasteiger partial charge in [0.15, 0.2) is 6.54 Å². The summed E-state index contributed by atoms with van der Waals surface area (Å²) in [7, 11) is 0. The largest absolute Gasteiger partial charge is 0.327 e. The molecule has 1 aliphatic heterocycles. The third kappa shape index (κ3) is 4.56. The van der Waals surface area contributed by atoms with Gasteiger partial charge in [-0.1, -0.05) is 6.42 Å². The first kappa shape index (κ1) is 14.9. The van der Waals surface area contributed by atoms with E-state index in [4.69, 9.17) is 0 Å². The molecule has 1 aromatic rings. The van der Waals surface area contributed by atoms with Gasteiger partial charge >= 0.3 is 0 Å². The van der Waals surface area contributed by atoms with Crippen molar-refractivity contribution in [3.8, 4) is 0 Å². The van der Waals surface area contributed by atoms with Crippen molar-refractivity contribution >= 4 is 11.6 Å². The molecule has 3 nitrogen and oxygen atoms in total. The highest BCUT2D eigenvalue weighted by Crippen LogP contribution is 2.14. The number of hydrogen-bond donors (Lipinski definition) is 2. The van der Waals surface area contributed by atoms with Gasteiger partial charge in [-0.25, -0.2) is 8.78 Å². The number of halogens is 2. The minimum Gasteiger partial charge on any atom is -0.327 e. The van der Waals surface area contributed by atoms with Crippen LogP contribution in [0, 0.1) is 11.6 Å². The Labute approximate surface area is 118 Å². The van der Waals surface area contributed by atoms with Crippen LogP contribution in [-0.2, 0) is 4.79 Å². The second kappa shape index (κ2) is 7.33. The number of amides is 1. The van der Waals surface area contributed by atoms with Crippen LogP contribution in [0.15, 0.2) is 18.2 Å². The van der Waals surface area contributed by atoms with Crippen LogP contribution in [-0.4, -0.2) is 25.5 Å². The van der Waals surface area contributed by atoms with Crippen LogP contribution in [0.3, 0.4) is 0 Å². The van der Waals surface area contributed by atoms with E-state index in [0.717, 1.165) is 38.1 Å². The predicted molar refractivity (Wildman–Crippen MR) is 73.6 cm³/mol. The molecule has 0 unspecified atom stereocenters. The number of benzene rings is 1. The van der Waals surface area contributed by atoms with Crippen molar-refractivity contribution in [3.63, 3.8) is 0 Å². The molecule has 1 heterocycles. The summed E-state index contributed by atoms with van der Waals surface area (Å²) < 4.78 is 26.2. The monoisotopic (exact) mass is 283 g/mol. The molecular formula is C15H21F2N2O+. The van der Waals surface area contributed by atoms with Gasteiger partial charge in [-0.05, 0) is 37.8 Å². The summed E-state index contributed by atoms with van der Waals surface area (Å²) in [5.41, 5.74) is 0.0443. The van der Waals surface area contributed by atoms with Crippen molar-refractivity contribution in [1.29, 1.82) is 0 Å². The topological polar surface area (TPSA) is 33.5 Å². The molecule has 0 atom stereocenters. The highest BCUT2D eigenvalue weighted by Gasteiger charge is 2.16. The highest BCUT2D eigenvalue weighted by molar-refractivity contribution is 5.91. The van der Waals surface area contributed by atoms with E-state index in [1.807, 2.05) is 0 Å². The number of carbonyl (C=O) groups is 1. The number of likely N-dealkylation sites (tertiary alicyclic amines) is 1. The van der Waals surface area contributed by atoms with Gasteiger partial charge in [-0.15, -0.1) is 0 Å². The zero-order valence-electron chi connectivity index (χ0n) is 11.6. The molecule has 0 aliphatic carbocycles. The van der Waals surface area contributed by atoms with E-state index in [9.17, 15) is 13.6 Å². The van der Waals surface area contributed by atoms with E-state index >= 15 is 0 Å². The molecule has 20 heavy (non-hydrogen) atoms. The molecule has 0 saturated carbocycles. The molecule has 1 saturated heterocycles. The van der Waals surface area contributed by atoms with Crippen molar-refractivity contribution in [2.45, 2.75) is 32.1 Å². The molecule has 1 aromatic carbocycles. The Kier molecular flexibility index (Phi) is 5.47. The molecule has 5 heteroatoms. The second-order valence-electron chi connectivity index (χ2n) is 5.37. The van der Waals surface area contributed by atoms with Gasteiger partial charge in [0, 0.05) is 6.07 Å². The third-order valence-electron chi connectivity index (χ3n) is 3.68. The molecule has 110 valence electrons. The maximum absolute atomic E-state index is 13.4. The molecule has 0 bridgehead atoms. The normalized spacial score (nSPS) is 17.3. The Balaban J connectivity index is 1.87. The lowest BCUT2D eigenvalue weighted by Gasteiger charge is -2.21. The van der Waals surface area contributed by atoms with E-state index in [1.165, 1.54) is 30.2 Å². The first-order chi connectivity index (χ1) is 9.65. The van der Waals surface area contributed by atoms with Crippen molar-refractivity contribution in [3.05, 3.63) is 29.8 Å². The summed E-state index contributed by atoms with van der Waals surface area (Å²) in [4.78, 5) is 13.2. The zero-order chi connectivity index (χ0) is 14.4. The Morgan fingerprint density at radius 3 is 2.40 bits per heavy atom. The van der Waals surface area contributed by atoms with Crippen LogP contribution in [0.4, 0.5) is 14.5 Å². The second-order valence-corrected chi connectivity index (χ2v) is 5.37. The fourth-order valence-corrected chi connectivity index (χ4v) is 2.59. The molecule has 1 fully saturated rings. The van der Waals surface area contributed by atoms with Crippen LogP contribution >= 0.6 is 0 Å². The van der Waals surface area contributed by atoms with Crippen molar-refractivity contribution in [2.75, 3.05) is 25.0 Å². The maximum Gasteiger partial charge on any atom is 0.279 e. The first-order valence-corrected chi connectivity index (χ1v) is 7.23. The third-order valence-corrected chi connectivity index (χ3v) is 3.68. The number of rotatable bonds is 3. The van der Waals surface area contributed by atoms with Crippen molar-refractivity contribution < 1.29 is 18.5 Å². The van der Waals surface area contributed by atoms with E-state index in [0.29, 0.717) is 6.54 Å². The number of carbonyl (C=O) groups excluding carboxylic acids is 1. The Morgan fingerprint density at radius 2 is 1.75 bits per heavy atom. The predicted octanol–water partition coefficient (Wildman–Crippen LogP) is 1.75. The summed E-state index contributed by atoms with van der Waals surface area (Å²) in [6.45, 7) is 2.31. The Hall–Kier alpha value is -1.49. The maximum atomic E-state index is 13.4. The standard InChI is InChI=1S/C15H20F2N2O/c16-12-6-7-14(13(17)10-12)18-15(20)11-19-8-4-2-1-3-5-9-19/h6-7,10H,1-5,8-9,11H2,(H,18,20)/p+1. The van der Waals surface area contributed by atoms with E-state index in [2.05, 4.69) is 5.32 Å². The average molecular weight is 283 g/mol. The molecule has 1 amide bonds. The lowest BCUT2D eigenvalue weighted by Crippen LogP contribution is -3.13. The van der Waals surface area contributed by atoms with Crippen molar-refractivity contribution in [2.24, 2.45) is 0 Å². The summed E-state index contributed by atoms with van der Waals surface area (Å²) in [6.07, 6.45) is 5.98. The van der Waals surface area contributed by atoms with Crippen LogP contribution in [0.1, 0.15) is 32.1 Å². The van der Waals surface area contributed by atoms with E-state index < -0.39 is 11.6 Å². The van der Waals surface area contributed by atoms with Crippen LogP contribution in [0.25, 0.3) is 0 Å². The number of hydrogen-bond acceptors (Lipinski definition) is 1. The number of nitrogens with one attached hydrogen (secondary N) is 2. The summed E-state index contributed by atoms with van der Waals surface area (Å²) >= 11 is 0. The quantitative estimate of drug-likeness (QED) is 0.870. The van der Waals surface area contributed by atoms with Crippen molar-refractivity contribution in [1.82, 2.24) is 0 Å². The van der Waals surface area contributed by atoms with Gasteiger partial charge in [0.1, 0.15) is 11.6 Å². The molecule has 0 aromatic heterocycles. The molecule has 0 radical (unpaired) electrons. The van der Waals surface area contributed by atoms with Gasteiger partial charge in [0.25, 0.3) is 5.91 Å². The molecule has 1 aliphatic rings. The van der Waals surface area contributed by atoms with Gasteiger partial charge in [-0.3, -0.25) is 4.79 Å². The van der Waals surface area contributed by atoms with Crippen LogP contribution < -0.4 is 10.2 Å². The number of quaternary nitrogens is 1. The smallest absolute Gasteiger partial charge is 0.279 e. The lowest BCUT2D eigenvalue weighted by atomic mass is 10.1. The average Bonchev–Trinajstić information content (AvgIpc) is 2.36. The molecule has 2 N–H and O–H groups in total. The van der Waals surface area contributed by atoms with Crippen LogP contribution in [0.5, 0.6) is 0 Å². The molecule has 2 rings (SSSR count). The van der Waals surface area contributed by atoms with E-state index in [1.54, 1.807) is 0 Å². The fourth-order valence-electron chi connectivity index (χ4n) is 2.59. The summed E-state index contributed by atoms with van der Waals surface area (Å²) in [5.74, 6) is -1.60. The Bertz CT molecular complexity index is 457. The van der Waals surface area contributed by atoms with E-state index in [-0.39, 0.29) is 11.6 Å². The van der Waals surface area contributed by atoms with Gasteiger partial charge in [-0.2, -0.15) is 0 Å². The molecular weight excluding hydrogens is 262 g/mol. The van der Waals surface area contributed by atoms with Gasteiger partial charge in [0.05, 0.1) is 18.8 Å².